The van der Waals surface area contributed by atoms with E-state index in [4.69, 9.17) is 0 Å². The molecule has 0 fully saturated rings. The fourth-order valence-corrected chi connectivity index (χ4v) is 12.6. The van der Waals surface area contributed by atoms with Crippen LogP contribution in [0.15, 0.2) is 63.4 Å². The summed E-state index contributed by atoms with van der Waals surface area (Å²) in [6.07, 6.45) is 0. The van der Waals surface area contributed by atoms with Crippen molar-refractivity contribution >= 4 is 82.3 Å². The Bertz CT molecular complexity index is 1840. The molecule has 0 unspecified atom stereocenters. The molecule has 0 aromatic heterocycles. The SMILES string of the molecule is COS(=O)(=O)c1cc(S(=O)(=O)OC)c(SSc2c(S(=O)(=O)OC)cc(S(=O)(=O)OC)cc2S(=O)(=O)OC)c(S(=O)(=O)OC)c1. The van der Waals surface area contributed by atoms with Gasteiger partial charge in [0.05, 0.1) is 62.2 Å². The second-order valence-electron chi connectivity index (χ2n) is 7.39. The predicted molar refractivity (Wildman–Crippen MR) is 150 cm³/mol. The van der Waals surface area contributed by atoms with Crippen LogP contribution in [0.25, 0.3) is 0 Å². The summed E-state index contributed by atoms with van der Waals surface area (Å²) in [5.74, 6) is 0. The van der Waals surface area contributed by atoms with E-state index < -0.39 is 99.9 Å². The number of hydrogen-bond donors (Lipinski definition) is 0. The van der Waals surface area contributed by atoms with Gasteiger partial charge in [0, 0.05) is 0 Å². The molecule has 2 aromatic rings. The molecular weight excluding hydrogens is 761 g/mol. The largest absolute Gasteiger partial charge is 0.297 e. The number of hydrogen-bond acceptors (Lipinski definition) is 20. The van der Waals surface area contributed by atoms with Crippen LogP contribution >= 0.6 is 21.6 Å². The Labute approximate surface area is 262 Å². The van der Waals surface area contributed by atoms with Gasteiger partial charge < -0.3 is 0 Å². The molecule has 44 heavy (non-hydrogen) atoms. The van der Waals surface area contributed by atoms with Crippen LogP contribution in [0.2, 0.25) is 0 Å². The van der Waals surface area contributed by atoms with Crippen molar-refractivity contribution in [1.29, 1.82) is 0 Å². The quantitative estimate of drug-likeness (QED) is 0.176. The van der Waals surface area contributed by atoms with Gasteiger partial charge in [-0.05, 0) is 45.9 Å². The van der Waals surface area contributed by atoms with Gasteiger partial charge in [0.2, 0.25) is 0 Å². The Morgan fingerprint density at radius 1 is 0.364 bits per heavy atom. The van der Waals surface area contributed by atoms with Crippen LogP contribution < -0.4 is 0 Å². The van der Waals surface area contributed by atoms with Gasteiger partial charge in [-0.3, -0.25) is 25.1 Å². The van der Waals surface area contributed by atoms with E-state index in [1.807, 2.05) is 0 Å². The van der Waals surface area contributed by atoms with Gasteiger partial charge in [-0.2, -0.15) is 50.5 Å². The smallest absolute Gasteiger partial charge is 0.270 e. The summed E-state index contributed by atoms with van der Waals surface area (Å²) in [7, 11) is -25.3. The summed E-state index contributed by atoms with van der Waals surface area (Å²) in [4.78, 5) is -8.14. The Morgan fingerprint density at radius 2 is 0.545 bits per heavy atom. The summed E-state index contributed by atoms with van der Waals surface area (Å²) < 4.78 is 179. The number of rotatable bonds is 15. The second-order valence-corrected chi connectivity index (χ2v) is 19.7. The van der Waals surface area contributed by atoms with E-state index >= 15 is 0 Å². The minimum Gasteiger partial charge on any atom is -0.270 e. The summed E-state index contributed by atoms with van der Waals surface area (Å²) in [5, 5.41) is 0. The molecule has 250 valence electrons. The molecule has 0 aliphatic heterocycles. The van der Waals surface area contributed by atoms with Gasteiger partial charge in [0.15, 0.2) is 0 Å². The monoisotopic (exact) mass is 782 g/mol. The molecule has 0 heterocycles. The average Bonchev–Trinajstić information content (AvgIpc) is 2.98. The molecule has 0 spiro atoms. The van der Waals surface area contributed by atoms with Crippen molar-refractivity contribution in [3.8, 4) is 0 Å². The van der Waals surface area contributed by atoms with Gasteiger partial charge in [0.1, 0.15) is 19.6 Å². The van der Waals surface area contributed by atoms with E-state index in [-0.39, 0.29) is 21.6 Å². The van der Waals surface area contributed by atoms with E-state index in [9.17, 15) is 50.5 Å². The first-order valence-corrected chi connectivity index (χ1v) is 21.2. The summed E-state index contributed by atoms with van der Waals surface area (Å²) >= 11 is 0. The zero-order valence-electron chi connectivity index (χ0n) is 22.9. The van der Waals surface area contributed by atoms with E-state index in [2.05, 4.69) is 25.1 Å². The first-order chi connectivity index (χ1) is 20.0. The van der Waals surface area contributed by atoms with E-state index in [0.717, 1.165) is 0 Å². The van der Waals surface area contributed by atoms with Crippen molar-refractivity contribution in [3.05, 3.63) is 24.3 Å². The maximum Gasteiger partial charge on any atom is 0.297 e. The Morgan fingerprint density at radius 3 is 0.705 bits per heavy atom. The fourth-order valence-electron chi connectivity index (χ4n) is 2.94. The predicted octanol–water partition coefficient (Wildman–Crippen LogP) is 0.497. The molecule has 0 bridgehead atoms. The third-order valence-electron chi connectivity index (χ3n) is 5.17. The summed E-state index contributed by atoms with van der Waals surface area (Å²) in [5.41, 5.74) is 0. The normalized spacial score (nSPS) is 13.7. The molecule has 0 atom stereocenters. The minimum atomic E-state index is -4.99. The molecule has 2 rings (SSSR count). The van der Waals surface area contributed by atoms with Crippen LogP contribution in [0.3, 0.4) is 0 Å². The Hall–Kier alpha value is -1.40. The minimum absolute atomic E-state index is 0.0808. The van der Waals surface area contributed by atoms with Crippen molar-refractivity contribution in [2.75, 3.05) is 42.7 Å². The lowest BCUT2D eigenvalue weighted by atomic mass is 10.3. The molecule has 0 saturated carbocycles. The first kappa shape index (κ1) is 38.8. The highest BCUT2D eigenvalue weighted by Gasteiger charge is 2.35. The lowest BCUT2D eigenvalue weighted by Crippen LogP contribution is -2.14. The Kier molecular flexibility index (Phi) is 12.1. The van der Waals surface area contributed by atoms with Gasteiger partial charge in [-0.25, -0.2) is 0 Å². The molecule has 0 aliphatic carbocycles. The van der Waals surface area contributed by atoms with E-state index in [1.54, 1.807) is 0 Å². The molecule has 0 saturated heterocycles. The van der Waals surface area contributed by atoms with Crippen molar-refractivity contribution in [3.63, 3.8) is 0 Å². The standard InChI is InChI=1S/C18H22O18S8/c1-31-39(19,20)11-7-13(41(23,24)33-3)17(14(8-11)42(25,26)34-4)37-38-18-15(43(27,28)35-5)9-12(40(21,22)32-2)10-16(18)44(29,30)36-6/h7-10H,1-6H3. The number of benzene rings is 2. The maximum atomic E-state index is 12.9. The van der Waals surface area contributed by atoms with Crippen LogP contribution in [-0.2, 0) is 85.8 Å². The van der Waals surface area contributed by atoms with Crippen LogP contribution in [0.4, 0.5) is 0 Å². The molecule has 0 aliphatic rings. The highest BCUT2D eigenvalue weighted by atomic mass is 33.1. The highest BCUT2D eigenvalue weighted by Crippen LogP contribution is 2.49. The third kappa shape index (κ3) is 7.93. The zero-order chi connectivity index (χ0) is 34.1. The van der Waals surface area contributed by atoms with Crippen LogP contribution in [-0.4, -0.2) is 93.2 Å². The molecule has 18 nitrogen and oxygen atoms in total. The topological polar surface area (TPSA) is 260 Å². The second kappa shape index (κ2) is 13.8. The first-order valence-electron chi connectivity index (χ1n) is 10.6. The van der Waals surface area contributed by atoms with Crippen molar-refractivity contribution in [2.24, 2.45) is 0 Å². The van der Waals surface area contributed by atoms with Crippen LogP contribution in [0.1, 0.15) is 0 Å². The summed E-state index contributed by atoms with van der Waals surface area (Å²) in [6.45, 7) is 0. The molecule has 0 amide bonds. The average molecular weight is 783 g/mol. The molecule has 0 radical (unpaired) electrons. The zero-order valence-corrected chi connectivity index (χ0v) is 29.5. The molecule has 0 N–H and O–H groups in total. The van der Waals surface area contributed by atoms with Gasteiger partial charge in [-0.1, -0.05) is 0 Å². The van der Waals surface area contributed by atoms with Gasteiger partial charge in [0.25, 0.3) is 60.7 Å². The van der Waals surface area contributed by atoms with E-state index in [1.165, 1.54) is 0 Å². The van der Waals surface area contributed by atoms with Crippen molar-refractivity contribution in [1.82, 2.24) is 0 Å². The molecule has 26 heteroatoms. The summed E-state index contributed by atoms with van der Waals surface area (Å²) in [6, 6.07) is 1.85. The van der Waals surface area contributed by atoms with E-state index in [0.29, 0.717) is 66.9 Å². The fraction of sp³-hybridized carbons (Fsp3) is 0.333. The van der Waals surface area contributed by atoms with Crippen molar-refractivity contribution in [2.45, 2.75) is 39.2 Å². The Balaban J connectivity index is 3.16. The lowest BCUT2D eigenvalue weighted by molar-refractivity contribution is 0.387. The van der Waals surface area contributed by atoms with Gasteiger partial charge in [-0.15, -0.1) is 0 Å². The highest BCUT2D eigenvalue weighted by molar-refractivity contribution is 8.76. The van der Waals surface area contributed by atoms with Crippen LogP contribution in [0, 0.1) is 0 Å². The third-order valence-corrected chi connectivity index (χ3v) is 15.9. The maximum absolute atomic E-state index is 12.9. The molecular formula is C18H22O18S8. The van der Waals surface area contributed by atoms with Crippen molar-refractivity contribution < 1.29 is 75.6 Å². The van der Waals surface area contributed by atoms with Crippen LogP contribution in [0.5, 0.6) is 0 Å². The lowest BCUT2D eigenvalue weighted by Gasteiger charge is -2.18. The van der Waals surface area contributed by atoms with Gasteiger partial charge >= 0.3 is 0 Å². The molecule has 2 aromatic carbocycles.